The molecule has 2 aromatic carbocycles. The molecule has 0 saturated heterocycles. The molecular weight excluding hydrogens is 342 g/mol. The van der Waals surface area contributed by atoms with Gasteiger partial charge in [0.1, 0.15) is 5.75 Å². The summed E-state index contributed by atoms with van der Waals surface area (Å²) in [5.41, 5.74) is 3.06. The monoisotopic (exact) mass is 369 g/mol. The third-order valence-electron chi connectivity index (χ3n) is 4.28. The molecule has 0 spiro atoms. The number of carbonyl (C=O) groups is 2. The lowest BCUT2D eigenvalue weighted by atomic mass is 10.1. The lowest BCUT2D eigenvalue weighted by Gasteiger charge is -2.18. The molecule has 0 bridgehead atoms. The average molecular weight is 369 g/mol. The third kappa shape index (κ3) is 5.58. The quantitative estimate of drug-likeness (QED) is 0.694. The lowest BCUT2D eigenvalue weighted by molar-refractivity contribution is -0.122. The Labute approximate surface area is 160 Å². The largest absolute Gasteiger partial charge is 0.481 e. The number of rotatable bonds is 8. The van der Waals surface area contributed by atoms with Crippen LogP contribution in [0.5, 0.6) is 5.75 Å². The second-order valence-electron chi connectivity index (χ2n) is 6.25. The van der Waals surface area contributed by atoms with E-state index in [1.165, 1.54) is 5.56 Å². The van der Waals surface area contributed by atoms with Gasteiger partial charge in [-0.1, -0.05) is 32.0 Å². The maximum absolute atomic E-state index is 12.7. The molecule has 0 saturated carbocycles. The van der Waals surface area contributed by atoms with Gasteiger partial charge in [-0.15, -0.1) is 0 Å². The Morgan fingerprint density at radius 2 is 1.74 bits per heavy atom. The second-order valence-corrected chi connectivity index (χ2v) is 6.25. The Morgan fingerprint density at radius 1 is 1.04 bits per heavy atom. The molecule has 0 radical (unpaired) electrons. The summed E-state index contributed by atoms with van der Waals surface area (Å²) in [7, 11) is 0. The number of carbonyl (C=O) groups excluding carboxylic acids is 2. The SMILES string of the molecule is CCOC(=O)c1ccc(C)c(NC(=O)[C@H](CC)Oc2ccc(CC)cc2)c1. The highest BCUT2D eigenvalue weighted by Gasteiger charge is 2.20. The van der Waals surface area contributed by atoms with Crippen molar-refractivity contribution in [2.45, 2.75) is 46.6 Å². The van der Waals surface area contributed by atoms with Crippen LogP contribution in [0.4, 0.5) is 5.69 Å². The summed E-state index contributed by atoms with van der Waals surface area (Å²) >= 11 is 0. The zero-order chi connectivity index (χ0) is 19.8. The molecule has 2 rings (SSSR count). The standard InChI is InChI=1S/C22H27NO4/c1-5-16-9-12-18(13-10-16)27-20(6-2)21(24)23-19-14-17(11-8-15(19)4)22(25)26-7-3/h8-14,20H,5-7H2,1-4H3,(H,23,24)/t20-/m0/s1. The number of hydrogen-bond acceptors (Lipinski definition) is 4. The summed E-state index contributed by atoms with van der Waals surface area (Å²) in [6, 6.07) is 12.8. The van der Waals surface area contributed by atoms with Crippen molar-refractivity contribution in [3.05, 3.63) is 59.2 Å². The van der Waals surface area contributed by atoms with Gasteiger partial charge in [-0.05, 0) is 62.1 Å². The summed E-state index contributed by atoms with van der Waals surface area (Å²) in [6.45, 7) is 7.91. The van der Waals surface area contributed by atoms with Crippen molar-refractivity contribution in [2.24, 2.45) is 0 Å². The summed E-state index contributed by atoms with van der Waals surface area (Å²) in [5.74, 6) is -0.000299. The number of hydrogen-bond donors (Lipinski definition) is 1. The van der Waals surface area contributed by atoms with E-state index in [2.05, 4.69) is 12.2 Å². The summed E-state index contributed by atoms with van der Waals surface area (Å²) < 4.78 is 10.9. The minimum atomic E-state index is -0.622. The Bertz CT molecular complexity index is 783. The highest BCUT2D eigenvalue weighted by atomic mass is 16.5. The van der Waals surface area contributed by atoms with Crippen LogP contribution in [0.3, 0.4) is 0 Å². The Balaban J connectivity index is 2.11. The Kier molecular flexibility index (Phi) is 7.41. The van der Waals surface area contributed by atoms with Gasteiger partial charge in [0.2, 0.25) is 0 Å². The van der Waals surface area contributed by atoms with Crippen molar-refractivity contribution < 1.29 is 19.1 Å². The molecule has 0 aliphatic rings. The first kappa shape index (κ1) is 20.5. The molecular formula is C22H27NO4. The molecule has 0 unspecified atom stereocenters. The second kappa shape index (κ2) is 9.76. The van der Waals surface area contributed by atoms with E-state index >= 15 is 0 Å². The minimum Gasteiger partial charge on any atom is -0.481 e. The maximum Gasteiger partial charge on any atom is 0.338 e. The van der Waals surface area contributed by atoms with Crippen LogP contribution in [0.1, 0.15) is 48.7 Å². The molecule has 1 amide bonds. The van der Waals surface area contributed by atoms with E-state index in [9.17, 15) is 9.59 Å². The number of anilines is 1. The van der Waals surface area contributed by atoms with Crippen LogP contribution in [-0.2, 0) is 16.0 Å². The molecule has 5 heteroatoms. The van der Waals surface area contributed by atoms with E-state index in [-0.39, 0.29) is 5.91 Å². The van der Waals surface area contributed by atoms with Crippen molar-refractivity contribution in [2.75, 3.05) is 11.9 Å². The number of aryl methyl sites for hydroxylation is 2. The molecule has 1 atom stereocenters. The molecule has 0 fully saturated rings. The van der Waals surface area contributed by atoms with Gasteiger partial charge >= 0.3 is 5.97 Å². The van der Waals surface area contributed by atoms with Crippen molar-refractivity contribution in [3.63, 3.8) is 0 Å². The van der Waals surface area contributed by atoms with Gasteiger partial charge in [-0.25, -0.2) is 4.79 Å². The van der Waals surface area contributed by atoms with E-state index in [1.807, 2.05) is 38.1 Å². The molecule has 5 nitrogen and oxygen atoms in total. The predicted molar refractivity (Wildman–Crippen MR) is 106 cm³/mol. The molecule has 27 heavy (non-hydrogen) atoms. The number of benzene rings is 2. The van der Waals surface area contributed by atoms with Crippen LogP contribution in [-0.4, -0.2) is 24.6 Å². The molecule has 144 valence electrons. The normalized spacial score (nSPS) is 11.6. The first-order chi connectivity index (χ1) is 13.0. The third-order valence-corrected chi connectivity index (χ3v) is 4.28. The summed E-state index contributed by atoms with van der Waals surface area (Å²) in [6.07, 6.45) is 0.856. The van der Waals surface area contributed by atoms with Crippen LogP contribution in [0, 0.1) is 6.92 Å². The minimum absolute atomic E-state index is 0.249. The van der Waals surface area contributed by atoms with Gasteiger partial charge in [0, 0.05) is 5.69 Å². The number of amides is 1. The van der Waals surface area contributed by atoms with Gasteiger partial charge in [0.15, 0.2) is 6.10 Å². The van der Waals surface area contributed by atoms with E-state index in [1.54, 1.807) is 25.1 Å². The van der Waals surface area contributed by atoms with Gasteiger partial charge in [0.05, 0.1) is 12.2 Å². The van der Waals surface area contributed by atoms with E-state index < -0.39 is 12.1 Å². The summed E-state index contributed by atoms with van der Waals surface area (Å²) in [4.78, 5) is 24.6. The van der Waals surface area contributed by atoms with E-state index in [0.717, 1.165) is 12.0 Å². The highest BCUT2D eigenvalue weighted by Crippen LogP contribution is 2.20. The molecule has 2 aromatic rings. The number of nitrogens with one attached hydrogen (secondary N) is 1. The van der Waals surface area contributed by atoms with Crippen LogP contribution in [0.15, 0.2) is 42.5 Å². The van der Waals surface area contributed by atoms with Gasteiger partial charge in [0.25, 0.3) is 5.91 Å². The highest BCUT2D eigenvalue weighted by molar-refractivity contribution is 5.97. The van der Waals surface area contributed by atoms with Gasteiger partial charge in [-0.2, -0.15) is 0 Å². The molecule has 1 N–H and O–H groups in total. The van der Waals surface area contributed by atoms with Crippen LogP contribution in [0.2, 0.25) is 0 Å². The molecule has 0 aliphatic carbocycles. The van der Waals surface area contributed by atoms with Crippen molar-refractivity contribution in [1.29, 1.82) is 0 Å². The first-order valence-corrected chi connectivity index (χ1v) is 9.32. The van der Waals surface area contributed by atoms with Gasteiger partial charge < -0.3 is 14.8 Å². The first-order valence-electron chi connectivity index (χ1n) is 9.32. The Morgan fingerprint density at radius 3 is 2.33 bits per heavy atom. The fourth-order valence-corrected chi connectivity index (χ4v) is 2.60. The number of esters is 1. The lowest BCUT2D eigenvalue weighted by Crippen LogP contribution is -2.32. The molecule has 0 heterocycles. The Hall–Kier alpha value is -2.82. The zero-order valence-electron chi connectivity index (χ0n) is 16.4. The van der Waals surface area contributed by atoms with Crippen molar-refractivity contribution in [1.82, 2.24) is 0 Å². The fourth-order valence-electron chi connectivity index (χ4n) is 2.60. The smallest absolute Gasteiger partial charge is 0.338 e. The van der Waals surface area contributed by atoms with Gasteiger partial charge in [-0.3, -0.25) is 4.79 Å². The maximum atomic E-state index is 12.7. The number of ether oxygens (including phenoxy) is 2. The van der Waals surface area contributed by atoms with E-state index in [4.69, 9.17) is 9.47 Å². The molecule has 0 aromatic heterocycles. The fraction of sp³-hybridized carbons (Fsp3) is 0.364. The summed E-state index contributed by atoms with van der Waals surface area (Å²) in [5, 5.41) is 2.87. The van der Waals surface area contributed by atoms with Crippen molar-refractivity contribution >= 4 is 17.6 Å². The molecule has 0 aliphatic heterocycles. The van der Waals surface area contributed by atoms with Crippen LogP contribution < -0.4 is 10.1 Å². The van der Waals surface area contributed by atoms with E-state index in [0.29, 0.717) is 30.0 Å². The van der Waals surface area contributed by atoms with Crippen LogP contribution >= 0.6 is 0 Å². The predicted octanol–water partition coefficient (Wildman–Crippen LogP) is 4.53. The average Bonchev–Trinajstić information content (AvgIpc) is 2.68. The van der Waals surface area contributed by atoms with Crippen molar-refractivity contribution in [3.8, 4) is 5.75 Å². The van der Waals surface area contributed by atoms with Crippen LogP contribution in [0.25, 0.3) is 0 Å². The zero-order valence-corrected chi connectivity index (χ0v) is 16.4. The topological polar surface area (TPSA) is 64.6 Å².